The largest absolute Gasteiger partial charge is 0.345 e. The minimum Gasteiger partial charge on any atom is -0.345 e. The van der Waals surface area contributed by atoms with Crippen molar-refractivity contribution in [1.29, 1.82) is 0 Å². The van der Waals surface area contributed by atoms with E-state index in [0.29, 0.717) is 6.54 Å². The van der Waals surface area contributed by atoms with E-state index in [9.17, 15) is 9.59 Å². The van der Waals surface area contributed by atoms with Gasteiger partial charge in [-0.25, -0.2) is 0 Å². The van der Waals surface area contributed by atoms with Gasteiger partial charge in [-0.3, -0.25) is 9.59 Å². The van der Waals surface area contributed by atoms with Gasteiger partial charge in [-0.05, 0) is 24.5 Å². The summed E-state index contributed by atoms with van der Waals surface area (Å²) in [5, 5.41) is 2.82. The molecule has 0 saturated carbocycles. The minimum absolute atomic E-state index is 0.0989. The molecule has 0 aliphatic rings. The van der Waals surface area contributed by atoms with Crippen molar-refractivity contribution in [1.82, 2.24) is 4.90 Å². The zero-order valence-electron chi connectivity index (χ0n) is 12.6. The monoisotopic (exact) mass is 276 g/mol. The van der Waals surface area contributed by atoms with Gasteiger partial charge >= 0.3 is 0 Å². The molecule has 0 aliphatic carbocycles. The van der Waals surface area contributed by atoms with Gasteiger partial charge in [-0.1, -0.05) is 38.5 Å². The molecule has 1 aromatic rings. The topological polar surface area (TPSA) is 49.4 Å². The van der Waals surface area contributed by atoms with Crippen LogP contribution in [0.15, 0.2) is 24.3 Å². The summed E-state index contributed by atoms with van der Waals surface area (Å²) in [6.07, 6.45) is 2.75. The van der Waals surface area contributed by atoms with Crippen molar-refractivity contribution in [3.05, 3.63) is 29.8 Å². The Hall–Kier alpha value is -1.84. The third-order valence-electron chi connectivity index (χ3n) is 3.26. The molecule has 0 aliphatic heterocycles. The molecule has 1 aromatic carbocycles. The van der Waals surface area contributed by atoms with Crippen LogP contribution in [-0.4, -0.2) is 30.3 Å². The molecule has 4 nitrogen and oxygen atoms in total. The molecule has 0 aromatic heterocycles. The Morgan fingerprint density at radius 1 is 1.20 bits per heavy atom. The Morgan fingerprint density at radius 3 is 2.55 bits per heavy atom. The van der Waals surface area contributed by atoms with Crippen molar-refractivity contribution in [3.63, 3.8) is 0 Å². The standard InChI is InChI=1S/C16H24N2O2/c1-4-6-11-18(3)16(20)12-15(19)17-14-10-8-7-9-13(14)5-2/h7-10H,4-6,11-12H2,1-3H3,(H,17,19). The molecule has 0 atom stereocenters. The van der Waals surface area contributed by atoms with Crippen molar-refractivity contribution >= 4 is 17.5 Å². The minimum atomic E-state index is -0.251. The summed E-state index contributed by atoms with van der Waals surface area (Å²) < 4.78 is 0. The van der Waals surface area contributed by atoms with Gasteiger partial charge in [-0.2, -0.15) is 0 Å². The number of hydrogen-bond acceptors (Lipinski definition) is 2. The van der Waals surface area contributed by atoms with Gasteiger partial charge in [0.25, 0.3) is 0 Å². The Bertz CT molecular complexity index is 458. The number of benzene rings is 1. The number of carbonyl (C=O) groups is 2. The van der Waals surface area contributed by atoms with Crippen molar-refractivity contribution in [2.24, 2.45) is 0 Å². The Balaban J connectivity index is 2.53. The predicted molar refractivity (Wildman–Crippen MR) is 81.6 cm³/mol. The first kappa shape index (κ1) is 16.2. The van der Waals surface area contributed by atoms with Gasteiger partial charge < -0.3 is 10.2 Å². The van der Waals surface area contributed by atoms with Gasteiger partial charge in [0.2, 0.25) is 11.8 Å². The summed E-state index contributed by atoms with van der Waals surface area (Å²) in [7, 11) is 1.74. The molecule has 110 valence electrons. The van der Waals surface area contributed by atoms with Crippen molar-refractivity contribution in [2.75, 3.05) is 18.9 Å². The maximum absolute atomic E-state index is 11.9. The smallest absolute Gasteiger partial charge is 0.233 e. The molecule has 0 saturated heterocycles. The zero-order valence-corrected chi connectivity index (χ0v) is 12.6. The highest BCUT2D eigenvalue weighted by atomic mass is 16.2. The second kappa shape index (κ2) is 8.35. The van der Waals surface area contributed by atoms with Crippen molar-refractivity contribution < 1.29 is 9.59 Å². The van der Waals surface area contributed by atoms with E-state index in [-0.39, 0.29) is 18.2 Å². The van der Waals surface area contributed by atoms with E-state index >= 15 is 0 Å². The van der Waals surface area contributed by atoms with Crippen LogP contribution in [0.5, 0.6) is 0 Å². The summed E-state index contributed by atoms with van der Waals surface area (Å²) in [4.78, 5) is 25.4. The molecule has 0 bridgehead atoms. The van der Waals surface area contributed by atoms with Crippen LogP contribution < -0.4 is 5.32 Å². The molecular formula is C16H24N2O2. The lowest BCUT2D eigenvalue weighted by molar-refractivity contribution is -0.133. The van der Waals surface area contributed by atoms with Crippen molar-refractivity contribution in [2.45, 2.75) is 39.5 Å². The SMILES string of the molecule is CCCCN(C)C(=O)CC(=O)Nc1ccccc1CC. The lowest BCUT2D eigenvalue weighted by atomic mass is 10.1. The van der Waals surface area contributed by atoms with Crippen molar-refractivity contribution in [3.8, 4) is 0 Å². The van der Waals surface area contributed by atoms with Gasteiger partial charge in [0.1, 0.15) is 6.42 Å². The highest BCUT2D eigenvalue weighted by molar-refractivity contribution is 6.03. The lowest BCUT2D eigenvalue weighted by Gasteiger charge is -2.16. The molecule has 1 rings (SSSR count). The maximum atomic E-state index is 11.9. The second-order valence-electron chi connectivity index (χ2n) is 4.90. The van der Waals surface area contributed by atoms with Gasteiger partial charge in [0.05, 0.1) is 0 Å². The molecule has 1 N–H and O–H groups in total. The van der Waals surface area contributed by atoms with E-state index in [1.807, 2.05) is 31.2 Å². The Morgan fingerprint density at radius 2 is 1.90 bits per heavy atom. The molecular weight excluding hydrogens is 252 g/mol. The van der Waals surface area contributed by atoms with Crippen LogP contribution in [0.25, 0.3) is 0 Å². The Kier molecular flexibility index (Phi) is 6.77. The second-order valence-corrected chi connectivity index (χ2v) is 4.90. The van der Waals surface area contributed by atoms with Crippen LogP contribution in [0.3, 0.4) is 0 Å². The first-order valence-corrected chi connectivity index (χ1v) is 7.20. The lowest BCUT2D eigenvalue weighted by Crippen LogP contribution is -2.31. The number of aryl methyl sites for hydroxylation is 1. The van der Waals surface area contributed by atoms with Crippen LogP contribution in [0.1, 0.15) is 38.7 Å². The normalized spacial score (nSPS) is 10.2. The molecule has 0 spiro atoms. The molecule has 0 fully saturated rings. The van der Waals surface area contributed by atoms with E-state index in [1.54, 1.807) is 11.9 Å². The van der Waals surface area contributed by atoms with E-state index < -0.39 is 0 Å². The van der Waals surface area contributed by atoms with E-state index in [1.165, 1.54) is 0 Å². The third-order valence-corrected chi connectivity index (χ3v) is 3.26. The van der Waals surface area contributed by atoms with Crippen LogP contribution in [0.4, 0.5) is 5.69 Å². The van der Waals surface area contributed by atoms with Crippen LogP contribution in [-0.2, 0) is 16.0 Å². The molecule has 0 radical (unpaired) electrons. The zero-order chi connectivity index (χ0) is 15.0. The average molecular weight is 276 g/mol. The average Bonchev–Trinajstić information content (AvgIpc) is 2.45. The predicted octanol–water partition coefficient (Wildman–Crippen LogP) is 2.84. The van der Waals surface area contributed by atoms with E-state index in [0.717, 1.165) is 30.5 Å². The molecule has 20 heavy (non-hydrogen) atoms. The molecule has 0 unspecified atom stereocenters. The number of nitrogens with one attached hydrogen (secondary N) is 1. The van der Waals surface area contributed by atoms with Crippen LogP contribution in [0, 0.1) is 0 Å². The quantitative estimate of drug-likeness (QED) is 0.778. The number of para-hydroxylation sites is 1. The number of nitrogens with zero attached hydrogens (tertiary/aromatic N) is 1. The van der Waals surface area contributed by atoms with E-state index in [2.05, 4.69) is 12.2 Å². The van der Waals surface area contributed by atoms with Gasteiger partial charge in [-0.15, -0.1) is 0 Å². The summed E-state index contributed by atoms with van der Waals surface area (Å²) in [5.74, 6) is -0.385. The van der Waals surface area contributed by atoms with Gasteiger partial charge in [0.15, 0.2) is 0 Å². The summed E-state index contributed by atoms with van der Waals surface area (Å²) in [5.41, 5.74) is 1.87. The highest BCUT2D eigenvalue weighted by Crippen LogP contribution is 2.15. The number of rotatable bonds is 7. The summed E-state index contributed by atoms with van der Waals surface area (Å²) >= 11 is 0. The molecule has 0 heterocycles. The maximum Gasteiger partial charge on any atom is 0.233 e. The summed E-state index contributed by atoms with van der Waals surface area (Å²) in [6, 6.07) is 7.66. The van der Waals surface area contributed by atoms with Gasteiger partial charge in [0, 0.05) is 19.3 Å². The first-order valence-electron chi connectivity index (χ1n) is 7.20. The Labute approximate surface area is 121 Å². The van der Waals surface area contributed by atoms with Crippen LogP contribution >= 0.6 is 0 Å². The number of unbranched alkanes of at least 4 members (excludes halogenated alkanes) is 1. The molecule has 2 amide bonds. The number of hydrogen-bond donors (Lipinski definition) is 1. The fourth-order valence-electron chi connectivity index (χ4n) is 1.94. The van der Waals surface area contributed by atoms with E-state index in [4.69, 9.17) is 0 Å². The number of carbonyl (C=O) groups excluding carboxylic acids is 2. The fraction of sp³-hybridized carbons (Fsp3) is 0.500. The highest BCUT2D eigenvalue weighted by Gasteiger charge is 2.14. The number of anilines is 1. The fourth-order valence-corrected chi connectivity index (χ4v) is 1.94. The summed E-state index contributed by atoms with van der Waals surface area (Å²) in [6.45, 7) is 4.82. The number of amides is 2. The first-order chi connectivity index (χ1) is 9.58. The molecule has 4 heteroatoms. The van der Waals surface area contributed by atoms with Crippen LogP contribution in [0.2, 0.25) is 0 Å². The third kappa shape index (κ3) is 5.03.